The van der Waals surface area contributed by atoms with Gasteiger partial charge in [0.15, 0.2) is 0 Å². The van der Waals surface area contributed by atoms with Crippen molar-refractivity contribution in [2.75, 3.05) is 50.1 Å². The largest absolute Gasteiger partial charge is 0.492 e. The number of hydrogen-bond acceptors (Lipinski definition) is 5. The summed E-state index contributed by atoms with van der Waals surface area (Å²) in [6.07, 6.45) is 1.91. The number of ether oxygens (including phenoxy) is 1. The summed E-state index contributed by atoms with van der Waals surface area (Å²) in [5.41, 5.74) is 5.26. The monoisotopic (exact) mass is 600 g/mol. The molecule has 44 heavy (non-hydrogen) atoms. The van der Waals surface area contributed by atoms with Crippen molar-refractivity contribution in [1.82, 2.24) is 20.5 Å². The molecule has 1 fully saturated rings. The van der Waals surface area contributed by atoms with Crippen LogP contribution in [0.5, 0.6) is 5.75 Å². The van der Waals surface area contributed by atoms with E-state index in [9.17, 15) is 14.0 Å². The van der Waals surface area contributed by atoms with E-state index in [2.05, 4.69) is 25.8 Å². The molecule has 2 heterocycles. The average Bonchev–Trinajstić information content (AvgIpc) is 3.45. The van der Waals surface area contributed by atoms with Gasteiger partial charge in [0.25, 0.3) is 0 Å². The fourth-order valence-electron chi connectivity index (χ4n) is 5.90. The first-order chi connectivity index (χ1) is 21.3. The molecule has 1 aromatic heterocycles. The number of nitrogens with one attached hydrogen (secondary N) is 4. The molecule has 4 aromatic rings. The number of fused-ring (bicyclic) bond motifs is 1. The van der Waals surface area contributed by atoms with Gasteiger partial charge >= 0.3 is 6.03 Å². The highest BCUT2D eigenvalue weighted by molar-refractivity contribution is 5.99. The number of urea groups is 1. The summed E-state index contributed by atoms with van der Waals surface area (Å²) in [7, 11) is 1.86. The lowest BCUT2D eigenvalue weighted by atomic mass is 9.92. The van der Waals surface area contributed by atoms with Crippen molar-refractivity contribution in [2.45, 2.75) is 39.3 Å². The van der Waals surface area contributed by atoms with E-state index in [4.69, 9.17) is 4.74 Å². The zero-order chi connectivity index (χ0) is 31.2. The fourth-order valence-corrected chi connectivity index (χ4v) is 5.90. The zero-order valence-electron chi connectivity index (χ0n) is 25.7. The lowest BCUT2D eigenvalue weighted by Crippen LogP contribution is -2.56. The van der Waals surface area contributed by atoms with E-state index in [0.717, 1.165) is 33.3 Å². The molecule has 1 aliphatic rings. The number of anilines is 2. The summed E-state index contributed by atoms with van der Waals surface area (Å²) in [6, 6.07) is 17.2. The van der Waals surface area contributed by atoms with Crippen molar-refractivity contribution in [3.63, 3.8) is 0 Å². The van der Waals surface area contributed by atoms with E-state index >= 15 is 0 Å². The predicted molar refractivity (Wildman–Crippen MR) is 173 cm³/mol. The highest BCUT2D eigenvalue weighted by atomic mass is 19.1. The Bertz CT molecular complexity index is 1610. The smallest absolute Gasteiger partial charge is 0.318 e. The standard InChI is InChI=1S/C34H41FN6O3/c1-5-44-31-13-10-24(20-36-4)19-29(31)38-33(42)32(23(3)27-21-37-28-9-7-6-8-26(27)28)39-34(43)41-16-14-40(15-17-41)30-12-11-25(35)18-22(30)2/h6-13,18-19,21,23,32,36-37H,5,14-17,20H2,1-4H3,(H,38,42)(H,39,43)/t23-,32-/m1/s1. The van der Waals surface area contributed by atoms with Crippen LogP contribution < -0.4 is 25.6 Å². The SMILES string of the molecule is CCOc1ccc(CNC)cc1NC(=O)[C@H](NC(=O)N1CCN(c2ccc(F)cc2C)CC1)[C@H](C)c1c[nH]c2ccccc12. The third kappa shape index (κ3) is 6.81. The van der Waals surface area contributed by atoms with Gasteiger partial charge in [-0.2, -0.15) is 0 Å². The number of aromatic nitrogens is 1. The molecule has 3 aromatic carbocycles. The number of para-hydroxylation sites is 1. The fraction of sp³-hybridized carbons (Fsp3) is 0.353. The Morgan fingerprint density at radius 3 is 2.55 bits per heavy atom. The van der Waals surface area contributed by atoms with E-state index in [1.165, 1.54) is 12.1 Å². The molecule has 0 spiro atoms. The third-order valence-electron chi connectivity index (χ3n) is 8.22. The Morgan fingerprint density at radius 2 is 1.82 bits per heavy atom. The topological polar surface area (TPSA) is 102 Å². The van der Waals surface area contributed by atoms with Crippen LogP contribution in [0.25, 0.3) is 10.9 Å². The van der Waals surface area contributed by atoms with Crippen LogP contribution in [0.4, 0.5) is 20.6 Å². The van der Waals surface area contributed by atoms with Crippen LogP contribution in [0.15, 0.2) is 66.9 Å². The Hall–Kier alpha value is -4.57. The Kier molecular flexibility index (Phi) is 9.69. The van der Waals surface area contributed by atoms with Crippen LogP contribution in [0.1, 0.15) is 36.5 Å². The molecule has 0 unspecified atom stereocenters. The quantitative estimate of drug-likeness (QED) is 0.196. The maximum atomic E-state index is 14.1. The minimum atomic E-state index is -0.874. The molecular weight excluding hydrogens is 559 g/mol. The molecule has 9 nitrogen and oxygen atoms in total. The summed E-state index contributed by atoms with van der Waals surface area (Å²) in [5, 5.41) is 10.3. The molecule has 4 N–H and O–H groups in total. The second-order valence-corrected chi connectivity index (χ2v) is 11.2. The van der Waals surface area contributed by atoms with Crippen LogP contribution in [0.3, 0.4) is 0 Å². The Labute approximate surface area is 257 Å². The van der Waals surface area contributed by atoms with Gasteiger partial charge in [0.2, 0.25) is 5.91 Å². The number of aromatic amines is 1. The van der Waals surface area contributed by atoms with Gasteiger partial charge in [0.05, 0.1) is 12.3 Å². The molecule has 10 heteroatoms. The maximum absolute atomic E-state index is 14.1. The predicted octanol–water partition coefficient (Wildman–Crippen LogP) is 5.38. The van der Waals surface area contributed by atoms with Gasteiger partial charge in [-0.05, 0) is 74.0 Å². The molecule has 1 aliphatic heterocycles. The number of halogens is 1. The van der Waals surface area contributed by atoms with Gasteiger partial charge in [0, 0.05) is 61.4 Å². The number of hydrogen-bond donors (Lipinski definition) is 4. The number of H-pyrrole nitrogens is 1. The number of aryl methyl sites for hydroxylation is 1. The minimum absolute atomic E-state index is 0.264. The van der Waals surface area contributed by atoms with Crippen LogP contribution >= 0.6 is 0 Å². The van der Waals surface area contributed by atoms with Gasteiger partial charge < -0.3 is 35.5 Å². The van der Waals surface area contributed by atoms with E-state index in [1.54, 1.807) is 11.0 Å². The molecule has 232 valence electrons. The van der Waals surface area contributed by atoms with Crippen LogP contribution in [-0.2, 0) is 11.3 Å². The van der Waals surface area contributed by atoms with E-state index < -0.39 is 6.04 Å². The number of carbonyl (C=O) groups excluding carboxylic acids is 2. The van der Waals surface area contributed by atoms with E-state index in [-0.39, 0.29) is 23.7 Å². The number of benzene rings is 3. The third-order valence-corrected chi connectivity index (χ3v) is 8.22. The molecule has 0 radical (unpaired) electrons. The average molecular weight is 601 g/mol. The summed E-state index contributed by atoms with van der Waals surface area (Å²) < 4.78 is 19.5. The number of amides is 3. The lowest BCUT2D eigenvalue weighted by molar-refractivity contribution is -0.118. The first kappa shape index (κ1) is 30.9. The van der Waals surface area contributed by atoms with Crippen molar-refractivity contribution in [1.29, 1.82) is 0 Å². The van der Waals surface area contributed by atoms with Gasteiger partial charge in [-0.25, -0.2) is 9.18 Å². The summed E-state index contributed by atoms with van der Waals surface area (Å²) >= 11 is 0. The molecule has 3 amide bonds. The van der Waals surface area contributed by atoms with Crippen molar-refractivity contribution in [3.05, 3.63) is 89.4 Å². The number of carbonyl (C=O) groups is 2. The van der Waals surface area contributed by atoms with Crippen LogP contribution in [-0.4, -0.2) is 67.7 Å². The molecule has 5 rings (SSSR count). The number of rotatable bonds is 10. The van der Waals surface area contributed by atoms with Crippen LogP contribution in [0.2, 0.25) is 0 Å². The molecule has 2 atom stereocenters. The lowest BCUT2D eigenvalue weighted by Gasteiger charge is -2.37. The van der Waals surface area contributed by atoms with Crippen molar-refractivity contribution >= 4 is 34.2 Å². The second kappa shape index (κ2) is 13.8. The second-order valence-electron chi connectivity index (χ2n) is 11.2. The maximum Gasteiger partial charge on any atom is 0.318 e. The molecule has 0 saturated carbocycles. The van der Waals surface area contributed by atoms with Gasteiger partial charge in [-0.15, -0.1) is 0 Å². The Balaban J connectivity index is 1.37. The van der Waals surface area contributed by atoms with Gasteiger partial charge in [-0.1, -0.05) is 31.2 Å². The molecule has 0 bridgehead atoms. The highest BCUT2D eigenvalue weighted by Crippen LogP contribution is 2.31. The molecular formula is C34H41FN6O3. The zero-order valence-corrected chi connectivity index (χ0v) is 25.7. The van der Waals surface area contributed by atoms with Crippen molar-refractivity contribution in [3.8, 4) is 5.75 Å². The summed E-state index contributed by atoms with van der Waals surface area (Å²) in [4.78, 5) is 34.9. The Morgan fingerprint density at radius 1 is 1.05 bits per heavy atom. The molecule has 0 aliphatic carbocycles. The minimum Gasteiger partial charge on any atom is -0.492 e. The first-order valence-electron chi connectivity index (χ1n) is 15.1. The van der Waals surface area contributed by atoms with Crippen molar-refractivity contribution in [2.24, 2.45) is 0 Å². The highest BCUT2D eigenvalue weighted by Gasteiger charge is 2.33. The van der Waals surface area contributed by atoms with Crippen molar-refractivity contribution < 1.29 is 18.7 Å². The van der Waals surface area contributed by atoms with Gasteiger partial charge in [-0.3, -0.25) is 4.79 Å². The number of nitrogens with zero attached hydrogens (tertiary/aromatic N) is 2. The summed E-state index contributed by atoms with van der Waals surface area (Å²) in [5.74, 6) is -0.383. The summed E-state index contributed by atoms with van der Waals surface area (Å²) in [6.45, 7) is 8.96. The van der Waals surface area contributed by atoms with Gasteiger partial charge in [0.1, 0.15) is 17.6 Å². The van der Waals surface area contributed by atoms with Crippen LogP contribution in [0, 0.1) is 12.7 Å². The number of piperazine rings is 1. The van der Waals surface area contributed by atoms with E-state index in [1.807, 2.05) is 76.5 Å². The molecule has 1 saturated heterocycles. The normalized spacial score (nSPS) is 14.8. The van der Waals surface area contributed by atoms with E-state index in [0.29, 0.717) is 50.8 Å². The first-order valence-corrected chi connectivity index (χ1v) is 15.1.